The van der Waals surface area contributed by atoms with E-state index in [-0.39, 0.29) is 0 Å². The molecule has 0 radical (unpaired) electrons. The van der Waals surface area contributed by atoms with E-state index in [0.29, 0.717) is 6.04 Å². The summed E-state index contributed by atoms with van der Waals surface area (Å²) in [7, 11) is 6.16. The van der Waals surface area contributed by atoms with Crippen LogP contribution in [0.25, 0.3) is 0 Å². The van der Waals surface area contributed by atoms with Crippen molar-refractivity contribution in [1.82, 2.24) is 15.5 Å². The number of aliphatic imine (C=N–C) groups is 1. The van der Waals surface area contributed by atoms with Gasteiger partial charge < -0.3 is 15.5 Å². The summed E-state index contributed by atoms with van der Waals surface area (Å²) in [5, 5.41) is 6.85. The highest BCUT2D eigenvalue weighted by molar-refractivity contribution is 5.79. The minimum absolute atomic E-state index is 0.609. The van der Waals surface area contributed by atoms with Crippen LogP contribution in [0.5, 0.6) is 0 Å². The molecule has 1 aliphatic carbocycles. The third-order valence-electron chi connectivity index (χ3n) is 4.08. The van der Waals surface area contributed by atoms with Gasteiger partial charge in [0.2, 0.25) is 0 Å². The molecule has 1 unspecified atom stereocenters. The number of nitrogens with zero attached hydrogens (tertiary/aromatic N) is 2. The van der Waals surface area contributed by atoms with E-state index in [1.54, 1.807) is 0 Å². The van der Waals surface area contributed by atoms with E-state index in [0.717, 1.165) is 31.4 Å². The Morgan fingerprint density at radius 3 is 2.52 bits per heavy atom. The first-order chi connectivity index (χ1) is 10.2. The maximum atomic E-state index is 4.31. The van der Waals surface area contributed by atoms with Crippen molar-refractivity contribution in [2.24, 2.45) is 10.9 Å². The highest BCUT2D eigenvalue weighted by atomic mass is 15.2. The summed E-state index contributed by atoms with van der Waals surface area (Å²) in [5.74, 6) is 1.76. The summed E-state index contributed by atoms with van der Waals surface area (Å²) >= 11 is 0. The topological polar surface area (TPSA) is 39.7 Å². The van der Waals surface area contributed by atoms with Crippen molar-refractivity contribution in [2.45, 2.75) is 25.3 Å². The molecule has 2 N–H and O–H groups in total. The molecule has 0 aliphatic heterocycles. The zero-order chi connectivity index (χ0) is 15.1. The zero-order valence-corrected chi connectivity index (χ0v) is 13.5. The first-order valence-corrected chi connectivity index (χ1v) is 7.85. The Morgan fingerprint density at radius 2 is 1.95 bits per heavy atom. The molecule has 0 amide bonds. The number of rotatable bonds is 7. The second-order valence-electron chi connectivity index (χ2n) is 5.98. The fourth-order valence-corrected chi connectivity index (χ4v) is 2.64. The largest absolute Gasteiger partial charge is 0.356 e. The second-order valence-corrected chi connectivity index (χ2v) is 5.98. The molecule has 116 valence electrons. The summed E-state index contributed by atoms with van der Waals surface area (Å²) in [6.07, 6.45) is 3.75. The third kappa shape index (κ3) is 5.38. The normalized spacial score (nSPS) is 16.9. The van der Waals surface area contributed by atoms with Gasteiger partial charge in [0.1, 0.15) is 0 Å². The Balaban J connectivity index is 1.70. The maximum absolute atomic E-state index is 4.31. The minimum atomic E-state index is 0.609. The molecule has 21 heavy (non-hydrogen) atoms. The van der Waals surface area contributed by atoms with E-state index in [2.05, 4.69) is 65.0 Å². The van der Waals surface area contributed by atoms with Crippen molar-refractivity contribution in [1.29, 1.82) is 0 Å². The quantitative estimate of drug-likeness (QED) is 0.593. The van der Waals surface area contributed by atoms with Gasteiger partial charge in [-0.25, -0.2) is 0 Å². The summed E-state index contributed by atoms with van der Waals surface area (Å²) in [6.45, 7) is 1.86. The molecule has 1 aromatic rings. The lowest BCUT2D eigenvalue weighted by Gasteiger charge is -2.25. The summed E-state index contributed by atoms with van der Waals surface area (Å²) in [5.41, 5.74) is 1.35. The fraction of sp³-hybridized carbons (Fsp3) is 0.588. The van der Waals surface area contributed by atoms with E-state index in [1.807, 2.05) is 7.05 Å². The predicted octanol–water partition coefficient (Wildman–Crippen LogP) is 1.73. The van der Waals surface area contributed by atoms with Crippen LogP contribution >= 0.6 is 0 Å². The molecule has 1 aromatic carbocycles. The molecule has 2 rings (SSSR count). The molecular weight excluding hydrogens is 260 g/mol. The number of guanidine groups is 1. The summed E-state index contributed by atoms with van der Waals surface area (Å²) < 4.78 is 0. The number of hydrogen-bond donors (Lipinski definition) is 2. The van der Waals surface area contributed by atoms with Crippen LogP contribution in [0.15, 0.2) is 35.3 Å². The Labute approximate surface area is 128 Å². The van der Waals surface area contributed by atoms with Crippen LogP contribution in [0.4, 0.5) is 0 Å². The van der Waals surface area contributed by atoms with E-state index < -0.39 is 0 Å². The Kier molecular flexibility index (Phi) is 6.05. The molecule has 4 nitrogen and oxygen atoms in total. The molecule has 0 saturated heterocycles. The van der Waals surface area contributed by atoms with Crippen molar-refractivity contribution >= 4 is 5.96 Å². The van der Waals surface area contributed by atoms with E-state index >= 15 is 0 Å². The van der Waals surface area contributed by atoms with E-state index in [4.69, 9.17) is 0 Å². The highest BCUT2D eigenvalue weighted by Gasteiger charge is 2.32. The standard InChI is InChI=1S/C17H28N4/c1-18-17(19-12-11-14-7-5-4-6-8-14)20-13-16(21(2)3)15-9-10-15/h4-8,15-16H,9-13H2,1-3H3,(H2,18,19,20). The van der Waals surface area contributed by atoms with E-state index in [1.165, 1.54) is 18.4 Å². The van der Waals surface area contributed by atoms with Gasteiger partial charge in [-0.3, -0.25) is 4.99 Å². The van der Waals surface area contributed by atoms with Crippen molar-refractivity contribution in [2.75, 3.05) is 34.2 Å². The molecular formula is C17H28N4. The van der Waals surface area contributed by atoms with Crippen molar-refractivity contribution in [3.8, 4) is 0 Å². The lowest BCUT2D eigenvalue weighted by atomic mass is 10.1. The molecule has 0 aromatic heterocycles. The molecule has 1 saturated carbocycles. The first kappa shape index (κ1) is 15.8. The fourth-order valence-electron chi connectivity index (χ4n) is 2.64. The van der Waals surface area contributed by atoms with Crippen molar-refractivity contribution in [3.05, 3.63) is 35.9 Å². The monoisotopic (exact) mass is 288 g/mol. The van der Waals surface area contributed by atoms with Gasteiger partial charge >= 0.3 is 0 Å². The molecule has 0 heterocycles. The van der Waals surface area contributed by atoms with E-state index in [9.17, 15) is 0 Å². The maximum Gasteiger partial charge on any atom is 0.191 e. The van der Waals surface area contributed by atoms with Crippen LogP contribution in [0.2, 0.25) is 0 Å². The van der Waals surface area contributed by atoms with Gasteiger partial charge in [0.05, 0.1) is 0 Å². The second kappa shape index (κ2) is 8.03. The Bertz CT molecular complexity index is 435. The van der Waals surface area contributed by atoms with Gasteiger partial charge in [0.15, 0.2) is 5.96 Å². The van der Waals surface area contributed by atoms with Crippen molar-refractivity contribution in [3.63, 3.8) is 0 Å². The number of hydrogen-bond acceptors (Lipinski definition) is 2. The molecule has 0 bridgehead atoms. The third-order valence-corrected chi connectivity index (χ3v) is 4.08. The number of nitrogens with one attached hydrogen (secondary N) is 2. The number of benzene rings is 1. The molecule has 1 aliphatic rings. The average Bonchev–Trinajstić information content (AvgIpc) is 3.31. The highest BCUT2D eigenvalue weighted by Crippen LogP contribution is 2.34. The molecule has 1 atom stereocenters. The molecule has 4 heteroatoms. The van der Waals surface area contributed by atoms with Crippen molar-refractivity contribution < 1.29 is 0 Å². The van der Waals surface area contributed by atoms with Crippen LogP contribution in [0, 0.1) is 5.92 Å². The average molecular weight is 288 g/mol. The molecule has 1 fully saturated rings. The van der Waals surface area contributed by atoms with Crippen LogP contribution in [-0.2, 0) is 6.42 Å². The Hall–Kier alpha value is -1.55. The summed E-state index contributed by atoms with van der Waals surface area (Å²) in [6, 6.07) is 11.1. The van der Waals surface area contributed by atoms with Gasteiger partial charge in [0.25, 0.3) is 0 Å². The van der Waals surface area contributed by atoms with Gasteiger partial charge in [-0.05, 0) is 44.8 Å². The Morgan fingerprint density at radius 1 is 1.24 bits per heavy atom. The predicted molar refractivity (Wildman–Crippen MR) is 89.7 cm³/mol. The van der Waals surface area contributed by atoms with Crippen LogP contribution in [0.3, 0.4) is 0 Å². The molecule has 0 spiro atoms. The van der Waals surface area contributed by atoms with Gasteiger partial charge in [-0.15, -0.1) is 0 Å². The summed E-state index contributed by atoms with van der Waals surface area (Å²) in [4.78, 5) is 6.63. The van der Waals surface area contributed by atoms with Crippen LogP contribution in [0.1, 0.15) is 18.4 Å². The van der Waals surface area contributed by atoms with Crippen LogP contribution in [-0.4, -0.2) is 51.1 Å². The van der Waals surface area contributed by atoms with Gasteiger partial charge in [-0.1, -0.05) is 30.3 Å². The SMILES string of the molecule is CN=C(NCCc1ccccc1)NCC(C1CC1)N(C)C. The lowest BCUT2D eigenvalue weighted by Crippen LogP contribution is -2.46. The van der Waals surface area contributed by atoms with Crippen LogP contribution < -0.4 is 10.6 Å². The van der Waals surface area contributed by atoms with Gasteiger partial charge in [-0.2, -0.15) is 0 Å². The zero-order valence-electron chi connectivity index (χ0n) is 13.5. The lowest BCUT2D eigenvalue weighted by molar-refractivity contribution is 0.264. The number of likely N-dealkylation sites (N-methyl/N-ethyl adjacent to an activating group) is 1. The minimum Gasteiger partial charge on any atom is -0.356 e. The smallest absolute Gasteiger partial charge is 0.191 e. The van der Waals surface area contributed by atoms with Gasteiger partial charge in [0, 0.05) is 26.2 Å². The first-order valence-electron chi connectivity index (χ1n) is 7.85.